The molecule has 0 fully saturated rings. The van der Waals surface area contributed by atoms with Gasteiger partial charge in [-0.15, -0.1) is 0 Å². The van der Waals surface area contributed by atoms with E-state index in [0.717, 1.165) is 34.6 Å². The molecule has 0 amide bonds. The predicted molar refractivity (Wildman–Crippen MR) is 63.2 cm³/mol. The summed E-state index contributed by atoms with van der Waals surface area (Å²) in [6, 6.07) is 9.97. The second kappa shape index (κ2) is 3.52. The fourth-order valence-electron chi connectivity index (χ4n) is 1.83. The van der Waals surface area contributed by atoms with Crippen LogP contribution in [-0.2, 0) is 6.42 Å². The van der Waals surface area contributed by atoms with E-state index in [1.807, 2.05) is 24.3 Å². The average Bonchev–Trinajstić information content (AvgIpc) is 2.96. The topological polar surface area (TPSA) is 41.8 Å². The molecule has 0 aliphatic carbocycles. The monoisotopic (exact) mass is 212 g/mol. The first-order valence-corrected chi connectivity index (χ1v) is 5.39. The standard InChI is InChI=1S/C13H12N2O/c1-2-13-14-10-6-5-9(8-11(10)15-13)12-4-3-7-16-12/h3-8H,2H2,1H3,(H,14,15). The van der Waals surface area contributed by atoms with Gasteiger partial charge in [-0.25, -0.2) is 4.98 Å². The van der Waals surface area contributed by atoms with Crippen LogP contribution in [-0.4, -0.2) is 9.97 Å². The number of aromatic nitrogens is 2. The third kappa shape index (κ3) is 1.41. The molecule has 0 spiro atoms. The van der Waals surface area contributed by atoms with E-state index < -0.39 is 0 Å². The first-order valence-electron chi connectivity index (χ1n) is 5.39. The van der Waals surface area contributed by atoms with Crippen LogP contribution in [0.3, 0.4) is 0 Å². The van der Waals surface area contributed by atoms with Crippen molar-refractivity contribution in [3.63, 3.8) is 0 Å². The van der Waals surface area contributed by atoms with Crippen molar-refractivity contribution in [1.82, 2.24) is 9.97 Å². The molecule has 3 nitrogen and oxygen atoms in total. The quantitative estimate of drug-likeness (QED) is 0.707. The summed E-state index contributed by atoms with van der Waals surface area (Å²) in [5, 5.41) is 0. The number of hydrogen-bond acceptors (Lipinski definition) is 2. The normalized spacial score (nSPS) is 11.1. The van der Waals surface area contributed by atoms with Crippen molar-refractivity contribution < 1.29 is 4.42 Å². The minimum Gasteiger partial charge on any atom is -0.464 e. The van der Waals surface area contributed by atoms with Crippen molar-refractivity contribution in [2.45, 2.75) is 13.3 Å². The Balaban J connectivity index is 2.15. The van der Waals surface area contributed by atoms with E-state index in [0.29, 0.717) is 0 Å². The molecule has 2 heterocycles. The highest BCUT2D eigenvalue weighted by Crippen LogP contribution is 2.23. The first-order chi connectivity index (χ1) is 7.86. The number of fused-ring (bicyclic) bond motifs is 1. The van der Waals surface area contributed by atoms with Gasteiger partial charge in [0.2, 0.25) is 0 Å². The van der Waals surface area contributed by atoms with Gasteiger partial charge in [0.15, 0.2) is 0 Å². The summed E-state index contributed by atoms with van der Waals surface area (Å²) in [7, 11) is 0. The summed E-state index contributed by atoms with van der Waals surface area (Å²) in [5.41, 5.74) is 3.14. The Morgan fingerprint density at radius 2 is 2.25 bits per heavy atom. The summed E-state index contributed by atoms with van der Waals surface area (Å²) in [6.45, 7) is 2.09. The van der Waals surface area contributed by atoms with Gasteiger partial charge in [-0.3, -0.25) is 0 Å². The number of rotatable bonds is 2. The molecule has 3 aromatic rings. The number of imidazole rings is 1. The fraction of sp³-hybridized carbons (Fsp3) is 0.154. The molecule has 0 radical (unpaired) electrons. The molecule has 1 aromatic carbocycles. The largest absolute Gasteiger partial charge is 0.464 e. The van der Waals surface area contributed by atoms with Crippen molar-refractivity contribution in [2.75, 3.05) is 0 Å². The van der Waals surface area contributed by atoms with Crippen molar-refractivity contribution in [1.29, 1.82) is 0 Å². The van der Waals surface area contributed by atoms with E-state index in [2.05, 4.69) is 23.0 Å². The van der Waals surface area contributed by atoms with Crippen LogP contribution in [0.5, 0.6) is 0 Å². The number of nitrogens with zero attached hydrogens (tertiary/aromatic N) is 1. The highest BCUT2D eigenvalue weighted by Gasteiger charge is 2.05. The fourth-order valence-corrected chi connectivity index (χ4v) is 1.83. The van der Waals surface area contributed by atoms with Crippen LogP contribution in [0.25, 0.3) is 22.4 Å². The molecular weight excluding hydrogens is 200 g/mol. The van der Waals surface area contributed by atoms with Crippen LogP contribution in [0.1, 0.15) is 12.7 Å². The molecule has 0 aliphatic rings. The van der Waals surface area contributed by atoms with Crippen LogP contribution < -0.4 is 0 Å². The van der Waals surface area contributed by atoms with Crippen LogP contribution in [0, 0.1) is 0 Å². The minimum atomic E-state index is 0.884. The number of H-pyrrole nitrogens is 1. The maximum atomic E-state index is 5.37. The van der Waals surface area contributed by atoms with Gasteiger partial charge in [-0.1, -0.05) is 6.92 Å². The van der Waals surface area contributed by atoms with Gasteiger partial charge in [0, 0.05) is 12.0 Å². The highest BCUT2D eigenvalue weighted by atomic mass is 16.3. The van der Waals surface area contributed by atoms with Crippen LogP contribution in [0.15, 0.2) is 41.0 Å². The van der Waals surface area contributed by atoms with Gasteiger partial charge >= 0.3 is 0 Å². The lowest BCUT2D eigenvalue weighted by molar-refractivity contribution is 0.582. The summed E-state index contributed by atoms with van der Waals surface area (Å²) in [5.74, 6) is 1.90. The molecule has 0 saturated carbocycles. The lowest BCUT2D eigenvalue weighted by atomic mass is 10.1. The third-order valence-electron chi connectivity index (χ3n) is 2.67. The van der Waals surface area contributed by atoms with E-state index >= 15 is 0 Å². The van der Waals surface area contributed by atoms with Crippen molar-refractivity contribution in [3.05, 3.63) is 42.4 Å². The highest BCUT2D eigenvalue weighted by molar-refractivity contribution is 5.80. The van der Waals surface area contributed by atoms with Crippen LogP contribution in [0.4, 0.5) is 0 Å². The third-order valence-corrected chi connectivity index (χ3v) is 2.67. The Morgan fingerprint density at radius 3 is 3.00 bits per heavy atom. The molecule has 1 N–H and O–H groups in total. The Hall–Kier alpha value is -2.03. The van der Waals surface area contributed by atoms with E-state index in [9.17, 15) is 0 Å². The Bertz CT molecular complexity index is 608. The zero-order valence-corrected chi connectivity index (χ0v) is 9.03. The van der Waals surface area contributed by atoms with E-state index in [4.69, 9.17) is 4.42 Å². The smallest absolute Gasteiger partial charge is 0.133 e. The van der Waals surface area contributed by atoms with Gasteiger partial charge in [0.1, 0.15) is 11.6 Å². The summed E-state index contributed by atoms with van der Waals surface area (Å²) in [4.78, 5) is 7.76. The molecular formula is C13H12N2O. The van der Waals surface area contributed by atoms with Gasteiger partial charge < -0.3 is 9.40 Å². The Kier molecular flexibility index (Phi) is 2.03. The molecule has 0 aliphatic heterocycles. The summed E-state index contributed by atoms with van der Waals surface area (Å²) in [6.07, 6.45) is 2.61. The second-order valence-electron chi connectivity index (χ2n) is 3.75. The second-order valence-corrected chi connectivity index (χ2v) is 3.75. The number of hydrogen-bond donors (Lipinski definition) is 1. The Morgan fingerprint density at radius 1 is 1.31 bits per heavy atom. The van der Waals surface area contributed by atoms with E-state index in [1.165, 1.54) is 0 Å². The van der Waals surface area contributed by atoms with Crippen LogP contribution in [0.2, 0.25) is 0 Å². The van der Waals surface area contributed by atoms with Gasteiger partial charge in [-0.05, 0) is 30.3 Å². The first kappa shape index (κ1) is 9.21. The van der Waals surface area contributed by atoms with Crippen molar-refractivity contribution >= 4 is 11.0 Å². The van der Waals surface area contributed by atoms with E-state index in [-0.39, 0.29) is 0 Å². The van der Waals surface area contributed by atoms with Gasteiger partial charge in [-0.2, -0.15) is 0 Å². The molecule has 3 rings (SSSR count). The Labute approximate surface area is 93.1 Å². The molecule has 0 unspecified atom stereocenters. The van der Waals surface area contributed by atoms with E-state index in [1.54, 1.807) is 6.26 Å². The molecule has 16 heavy (non-hydrogen) atoms. The summed E-state index contributed by atoms with van der Waals surface area (Å²) < 4.78 is 5.37. The summed E-state index contributed by atoms with van der Waals surface area (Å²) >= 11 is 0. The lowest BCUT2D eigenvalue weighted by Crippen LogP contribution is -1.79. The van der Waals surface area contributed by atoms with Crippen molar-refractivity contribution in [3.8, 4) is 11.3 Å². The molecule has 2 aromatic heterocycles. The zero-order valence-electron chi connectivity index (χ0n) is 9.03. The van der Waals surface area contributed by atoms with Gasteiger partial charge in [0.25, 0.3) is 0 Å². The SMILES string of the molecule is CCc1nc2ccc(-c3ccco3)cc2[nH]1. The number of benzene rings is 1. The van der Waals surface area contributed by atoms with Gasteiger partial charge in [0.05, 0.1) is 17.3 Å². The van der Waals surface area contributed by atoms with Crippen molar-refractivity contribution in [2.24, 2.45) is 0 Å². The molecule has 0 saturated heterocycles. The molecule has 0 bridgehead atoms. The maximum absolute atomic E-state index is 5.37. The molecule has 3 heteroatoms. The number of aromatic amines is 1. The molecule has 80 valence electrons. The number of nitrogens with one attached hydrogen (secondary N) is 1. The maximum Gasteiger partial charge on any atom is 0.133 e. The number of aryl methyl sites for hydroxylation is 1. The predicted octanol–water partition coefficient (Wildman–Crippen LogP) is 3.39. The molecule has 0 atom stereocenters. The zero-order chi connectivity index (χ0) is 11.0. The minimum absolute atomic E-state index is 0.884. The lowest BCUT2D eigenvalue weighted by Gasteiger charge is -1.95. The van der Waals surface area contributed by atoms with Crippen LogP contribution >= 0.6 is 0 Å². The average molecular weight is 212 g/mol. The number of furan rings is 1.